The van der Waals surface area contributed by atoms with Gasteiger partial charge in [0.2, 0.25) is 12.3 Å². The fourth-order valence-corrected chi connectivity index (χ4v) is 1.50. The number of nitrogens with one attached hydrogen (secondary N) is 1. The fourth-order valence-electron chi connectivity index (χ4n) is 1.50. The van der Waals surface area contributed by atoms with Crippen molar-refractivity contribution in [3.8, 4) is 11.5 Å². The molecule has 1 heterocycles. The van der Waals surface area contributed by atoms with Crippen LogP contribution in [0.15, 0.2) is 35.1 Å². The molecule has 0 saturated carbocycles. The molecule has 0 spiro atoms. The van der Waals surface area contributed by atoms with Crippen LogP contribution in [0, 0.1) is 5.92 Å². The van der Waals surface area contributed by atoms with Crippen LogP contribution in [-0.4, -0.2) is 34.4 Å². The molecule has 0 aliphatic heterocycles. The number of nitrogens with zero attached hydrogens (tertiary/aromatic N) is 2. The number of benzene rings is 1. The number of carbonyl (C=O) groups is 1. The smallest absolute Gasteiger partial charge is 0.251 e. The van der Waals surface area contributed by atoms with E-state index in [9.17, 15) is 4.79 Å². The average Bonchev–Trinajstić information content (AvgIpc) is 2.98. The minimum absolute atomic E-state index is 0.0432. The Bertz CT molecular complexity index is 523. The van der Waals surface area contributed by atoms with E-state index in [1.807, 2.05) is 6.92 Å². The Labute approximate surface area is 110 Å². The summed E-state index contributed by atoms with van der Waals surface area (Å²) in [5.74, 6) is 0.292. The van der Waals surface area contributed by atoms with Crippen molar-refractivity contribution in [1.29, 1.82) is 0 Å². The lowest BCUT2D eigenvalue weighted by Gasteiger charge is -2.09. The second-order valence-electron chi connectivity index (χ2n) is 4.32. The summed E-state index contributed by atoms with van der Waals surface area (Å²) in [6, 6.07) is 6.88. The predicted octanol–water partition coefficient (Wildman–Crippen LogP) is 1.09. The first-order chi connectivity index (χ1) is 9.20. The summed E-state index contributed by atoms with van der Waals surface area (Å²) in [7, 11) is 0. The zero-order chi connectivity index (χ0) is 13.7. The molecule has 1 atom stereocenters. The fraction of sp³-hybridized carbons (Fsp3) is 0.308. The molecule has 2 aromatic rings. The third-order valence-corrected chi connectivity index (χ3v) is 2.68. The number of rotatable bonds is 5. The van der Waals surface area contributed by atoms with E-state index in [2.05, 4.69) is 15.5 Å². The highest BCUT2D eigenvalue weighted by Gasteiger charge is 2.09. The summed E-state index contributed by atoms with van der Waals surface area (Å²) in [5, 5.41) is 19.0. The maximum Gasteiger partial charge on any atom is 0.251 e. The third kappa shape index (κ3) is 3.38. The highest BCUT2D eigenvalue weighted by molar-refractivity contribution is 5.94. The second kappa shape index (κ2) is 6.10. The van der Waals surface area contributed by atoms with Crippen LogP contribution in [0.25, 0.3) is 11.5 Å². The topological polar surface area (TPSA) is 88.2 Å². The largest absolute Gasteiger partial charge is 0.423 e. The average molecular weight is 261 g/mol. The van der Waals surface area contributed by atoms with Crippen LogP contribution in [0.1, 0.15) is 17.3 Å². The first-order valence-electron chi connectivity index (χ1n) is 5.96. The Morgan fingerprint density at radius 3 is 2.74 bits per heavy atom. The molecule has 0 bridgehead atoms. The van der Waals surface area contributed by atoms with Gasteiger partial charge in [0.1, 0.15) is 0 Å². The molecule has 2 N–H and O–H groups in total. The van der Waals surface area contributed by atoms with Crippen LogP contribution < -0.4 is 5.32 Å². The van der Waals surface area contributed by atoms with E-state index in [1.54, 1.807) is 24.3 Å². The quantitative estimate of drug-likeness (QED) is 0.841. The van der Waals surface area contributed by atoms with Gasteiger partial charge in [0.05, 0.1) is 0 Å². The molecule has 1 aromatic carbocycles. The molecule has 0 aliphatic carbocycles. The van der Waals surface area contributed by atoms with Crippen molar-refractivity contribution in [2.24, 2.45) is 5.92 Å². The van der Waals surface area contributed by atoms with Crippen LogP contribution in [0.3, 0.4) is 0 Å². The van der Waals surface area contributed by atoms with Gasteiger partial charge in [-0.1, -0.05) is 6.92 Å². The summed E-state index contributed by atoms with van der Waals surface area (Å²) in [6.07, 6.45) is 1.26. The standard InChI is InChI=1S/C13H15N3O3/c1-9(7-17)6-14-12(18)10-2-4-11(5-3-10)13-16-15-8-19-13/h2-5,8-9,17H,6-7H2,1H3,(H,14,18). The van der Waals surface area contributed by atoms with Crippen molar-refractivity contribution in [3.05, 3.63) is 36.2 Å². The molecule has 6 nitrogen and oxygen atoms in total. The van der Waals surface area contributed by atoms with Crippen molar-refractivity contribution in [2.75, 3.05) is 13.2 Å². The van der Waals surface area contributed by atoms with Crippen LogP contribution in [0.2, 0.25) is 0 Å². The summed E-state index contributed by atoms with van der Waals surface area (Å²) < 4.78 is 5.06. The van der Waals surface area contributed by atoms with Crippen LogP contribution in [0.5, 0.6) is 0 Å². The molecule has 100 valence electrons. The molecule has 1 unspecified atom stereocenters. The molecule has 6 heteroatoms. The SMILES string of the molecule is CC(CO)CNC(=O)c1ccc(-c2nnco2)cc1. The zero-order valence-corrected chi connectivity index (χ0v) is 10.5. The van der Waals surface area contributed by atoms with Crippen molar-refractivity contribution in [3.63, 3.8) is 0 Å². The molecule has 1 aromatic heterocycles. The third-order valence-electron chi connectivity index (χ3n) is 2.68. The lowest BCUT2D eigenvalue weighted by atomic mass is 10.1. The van der Waals surface area contributed by atoms with E-state index in [0.717, 1.165) is 5.56 Å². The van der Waals surface area contributed by atoms with Gasteiger partial charge in [-0.15, -0.1) is 10.2 Å². The van der Waals surface area contributed by atoms with Gasteiger partial charge < -0.3 is 14.8 Å². The van der Waals surface area contributed by atoms with E-state index in [-0.39, 0.29) is 18.4 Å². The van der Waals surface area contributed by atoms with Crippen LogP contribution in [-0.2, 0) is 0 Å². The number of amides is 1. The van der Waals surface area contributed by atoms with Crippen molar-refractivity contribution < 1.29 is 14.3 Å². The van der Waals surface area contributed by atoms with Crippen molar-refractivity contribution >= 4 is 5.91 Å². The lowest BCUT2D eigenvalue weighted by Crippen LogP contribution is -2.29. The minimum atomic E-state index is -0.169. The molecule has 1 amide bonds. The van der Waals surface area contributed by atoms with Gasteiger partial charge in [0.25, 0.3) is 5.91 Å². The first-order valence-corrected chi connectivity index (χ1v) is 5.96. The number of hydrogen-bond donors (Lipinski definition) is 2. The van der Waals surface area contributed by atoms with Gasteiger partial charge in [-0.2, -0.15) is 0 Å². The van der Waals surface area contributed by atoms with Crippen LogP contribution in [0.4, 0.5) is 0 Å². The highest BCUT2D eigenvalue weighted by Crippen LogP contribution is 2.16. The molecular formula is C13H15N3O3. The van der Waals surface area contributed by atoms with Gasteiger partial charge in [-0.05, 0) is 30.2 Å². The molecule has 2 rings (SSSR count). The van der Waals surface area contributed by atoms with Gasteiger partial charge in [0, 0.05) is 24.3 Å². The van der Waals surface area contributed by atoms with E-state index >= 15 is 0 Å². The Kier molecular flexibility index (Phi) is 4.25. The molecule has 0 saturated heterocycles. The minimum Gasteiger partial charge on any atom is -0.423 e. The maximum absolute atomic E-state index is 11.8. The number of carbonyl (C=O) groups excluding carboxylic acids is 1. The second-order valence-corrected chi connectivity index (χ2v) is 4.32. The molecular weight excluding hydrogens is 246 g/mol. The Morgan fingerprint density at radius 1 is 1.42 bits per heavy atom. The Hall–Kier alpha value is -2.21. The monoisotopic (exact) mass is 261 g/mol. The number of hydrogen-bond acceptors (Lipinski definition) is 5. The maximum atomic E-state index is 11.8. The van der Waals surface area contributed by atoms with Gasteiger partial charge in [-0.25, -0.2) is 0 Å². The van der Waals surface area contributed by atoms with E-state index in [1.165, 1.54) is 6.39 Å². The number of aliphatic hydroxyl groups excluding tert-OH is 1. The zero-order valence-electron chi connectivity index (χ0n) is 10.5. The van der Waals surface area contributed by atoms with Crippen LogP contribution >= 0.6 is 0 Å². The Balaban J connectivity index is 2.00. The summed E-state index contributed by atoms with van der Waals surface area (Å²) in [4.78, 5) is 11.8. The summed E-state index contributed by atoms with van der Waals surface area (Å²) in [5.41, 5.74) is 1.31. The van der Waals surface area contributed by atoms with E-state index < -0.39 is 0 Å². The summed E-state index contributed by atoms with van der Waals surface area (Å²) in [6.45, 7) is 2.36. The Morgan fingerprint density at radius 2 is 2.16 bits per heavy atom. The highest BCUT2D eigenvalue weighted by atomic mass is 16.4. The number of aromatic nitrogens is 2. The molecule has 0 aliphatic rings. The molecule has 0 fully saturated rings. The van der Waals surface area contributed by atoms with Crippen molar-refractivity contribution in [1.82, 2.24) is 15.5 Å². The normalized spacial score (nSPS) is 12.1. The van der Waals surface area contributed by atoms with E-state index in [4.69, 9.17) is 9.52 Å². The molecule has 19 heavy (non-hydrogen) atoms. The summed E-state index contributed by atoms with van der Waals surface area (Å²) >= 11 is 0. The predicted molar refractivity (Wildman–Crippen MR) is 68.3 cm³/mol. The van der Waals surface area contributed by atoms with Gasteiger partial charge in [-0.3, -0.25) is 4.79 Å². The first kappa shape index (κ1) is 13.2. The van der Waals surface area contributed by atoms with Crippen molar-refractivity contribution in [2.45, 2.75) is 6.92 Å². The lowest BCUT2D eigenvalue weighted by molar-refractivity contribution is 0.0942. The molecule has 0 radical (unpaired) electrons. The van der Waals surface area contributed by atoms with Gasteiger partial charge in [0.15, 0.2) is 0 Å². The van der Waals surface area contributed by atoms with E-state index in [0.29, 0.717) is 18.0 Å². The number of aliphatic hydroxyl groups is 1. The van der Waals surface area contributed by atoms with Gasteiger partial charge >= 0.3 is 0 Å².